The Morgan fingerprint density at radius 2 is 1.76 bits per heavy atom. The van der Waals surface area contributed by atoms with E-state index in [0.717, 1.165) is 21.2 Å². The van der Waals surface area contributed by atoms with E-state index >= 15 is 0 Å². The third kappa shape index (κ3) is 3.32. The molecule has 21 heavy (non-hydrogen) atoms. The number of aryl methyl sites for hydroxylation is 2. The highest BCUT2D eigenvalue weighted by Gasteiger charge is 2.21. The molecule has 0 aliphatic rings. The summed E-state index contributed by atoms with van der Waals surface area (Å²) in [6, 6.07) is 6.85. The molecule has 0 aromatic heterocycles. The number of hydrogen-bond donors (Lipinski definition) is 2. The maximum atomic E-state index is 14.4. The van der Waals surface area contributed by atoms with Crippen molar-refractivity contribution in [2.45, 2.75) is 19.9 Å². The molecule has 0 radical (unpaired) electrons. The molecule has 0 aliphatic carbocycles. The molecule has 0 amide bonds. The summed E-state index contributed by atoms with van der Waals surface area (Å²) < 4.78 is 16.0. The molecule has 0 fully saturated rings. The van der Waals surface area contributed by atoms with E-state index in [9.17, 15) is 4.39 Å². The largest absolute Gasteiger partial charge is 0.271 e. The van der Waals surface area contributed by atoms with E-state index in [0.29, 0.717) is 10.0 Å². The summed E-state index contributed by atoms with van der Waals surface area (Å²) in [6.45, 7) is 3.97. The van der Waals surface area contributed by atoms with Crippen LogP contribution in [0.2, 0.25) is 5.02 Å². The molecule has 0 heterocycles. The minimum atomic E-state index is -0.479. The van der Waals surface area contributed by atoms with Crippen LogP contribution < -0.4 is 11.3 Å². The molecule has 2 aromatic rings. The van der Waals surface area contributed by atoms with Crippen molar-refractivity contribution in [2.24, 2.45) is 5.84 Å². The van der Waals surface area contributed by atoms with E-state index < -0.39 is 11.9 Å². The zero-order valence-electron chi connectivity index (χ0n) is 11.5. The first-order valence-corrected chi connectivity index (χ1v) is 8.19. The van der Waals surface area contributed by atoms with E-state index in [4.69, 9.17) is 17.4 Å². The molecule has 6 heteroatoms. The summed E-state index contributed by atoms with van der Waals surface area (Å²) >= 11 is 12.7. The molecule has 0 spiro atoms. The number of nitrogens with two attached hydrogens (primary N) is 1. The van der Waals surface area contributed by atoms with Gasteiger partial charge in [0.2, 0.25) is 0 Å². The van der Waals surface area contributed by atoms with Crippen LogP contribution in [0.5, 0.6) is 0 Å². The lowest BCUT2D eigenvalue weighted by molar-refractivity contribution is 0.559. The van der Waals surface area contributed by atoms with Gasteiger partial charge in [0, 0.05) is 14.5 Å². The Balaban J connectivity index is 2.58. The van der Waals surface area contributed by atoms with Crippen molar-refractivity contribution in [3.8, 4) is 0 Å². The lowest BCUT2D eigenvalue weighted by Crippen LogP contribution is -2.29. The third-order valence-corrected chi connectivity index (χ3v) is 5.84. The Morgan fingerprint density at radius 1 is 1.19 bits per heavy atom. The van der Waals surface area contributed by atoms with Gasteiger partial charge in [0.25, 0.3) is 0 Å². The molecule has 2 aromatic carbocycles. The van der Waals surface area contributed by atoms with Crippen molar-refractivity contribution in [3.05, 3.63) is 66.3 Å². The molecular formula is C15H14Br2ClFN2. The van der Waals surface area contributed by atoms with Crippen LogP contribution in [0.15, 0.2) is 33.2 Å². The van der Waals surface area contributed by atoms with E-state index in [1.54, 1.807) is 12.1 Å². The lowest BCUT2D eigenvalue weighted by atomic mass is 9.96. The molecule has 112 valence electrons. The van der Waals surface area contributed by atoms with Gasteiger partial charge >= 0.3 is 0 Å². The van der Waals surface area contributed by atoms with Gasteiger partial charge < -0.3 is 0 Å². The summed E-state index contributed by atoms with van der Waals surface area (Å²) in [5.74, 6) is 5.17. The summed E-state index contributed by atoms with van der Waals surface area (Å²) in [7, 11) is 0. The quantitative estimate of drug-likeness (QED) is 0.396. The molecular weight excluding hydrogens is 422 g/mol. The highest BCUT2D eigenvalue weighted by atomic mass is 79.9. The Kier molecular flexibility index (Phi) is 5.43. The fourth-order valence-corrected chi connectivity index (χ4v) is 2.98. The molecule has 2 rings (SSSR count). The topological polar surface area (TPSA) is 38.0 Å². The number of halogens is 4. The van der Waals surface area contributed by atoms with Gasteiger partial charge in [-0.05, 0) is 52.5 Å². The molecule has 0 bridgehead atoms. The number of hydrazine groups is 1. The average Bonchev–Trinajstić information content (AvgIpc) is 2.45. The monoisotopic (exact) mass is 434 g/mol. The standard InChI is InChI=1S/C15H14Br2ClFN2/c1-7-5-9(6-8(2)12(7)17)15(21-20)10-3-4-11(16)13(18)14(10)19/h3-6,15,21H,20H2,1-2H3. The lowest BCUT2D eigenvalue weighted by Gasteiger charge is -2.20. The normalized spacial score (nSPS) is 12.5. The number of benzene rings is 2. The highest BCUT2D eigenvalue weighted by Crippen LogP contribution is 2.34. The van der Waals surface area contributed by atoms with Crippen molar-refractivity contribution < 1.29 is 4.39 Å². The minimum absolute atomic E-state index is 0.0540. The van der Waals surface area contributed by atoms with Gasteiger partial charge in [-0.3, -0.25) is 5.84 Å². The first-order valence-electron chi connectivity index (χ1n) is 6.23. The van der Waals surface area contributed by atoms with E-state index in [2.05, 4.69) is 37.3 Å². The molecule has 0 saturated heterocycles. The van der Waals surface area contributed by atoms with Gasteiger partial charge in [0.05, 0.1) is 11.1 Å². The minimum Gasteiger partial charge on any atom is -0.271 e. The number of nitrogens with one attached hydrogen (secondary N) is 1. The highest BCUT2D eigenvalue weighted by molar-refractivity contribution is 9.10. The Labute approximate surface area is 145 Å². The zero-order valence-corrected chi connectivity index (χ0v) is 15.4. The first kappa shape index (κ1) is 16.9. The van der Waals surface area contributed by atoms with Gasteiger partial charge in [-0.15, -0.1) is 0 Å². The van der Waals surface area contributed by atoms with Crippen molar-refractivity contribution >= 4 is 43.5 Å². The van der Waals surface area contributed by atoms with Gasteiger partial charge in [0.1, 0.15) is 5.82 Å². The van der Waals surface area contributed by atoms with Gasteiger partial charge in [-0.2, -0.15) is 0 Å². The van der Waals surface area contributed by atoms with Gasteiger partial charge in [0.15, 0.2) is 0 Å². The maximum Gasteiger partial charge on any atom is 0.148 e. The van der Waals surface area contributed by atoms with Crippen LogP contribution in [0.1, 0.15) is 28.3 Å². The summed E-state index contributed by atoms with van der Waals surface area (Å²) in [5.41, 5.74) is 6.09. The van der Waals surface area contributed by atoms with Crippen LogP contribution in [0, 0.1) is 19.7 Å². The molecule has 1 atom stereocenters. The summed E-state index contributed by atoms with van der Waals surface area (Å²) in [4.78, 5) is 0. The average molecular weight is 437 g/mol. The van der Waals surface area contributed by atoms with E-state index in [-0.39, 0.29) is 5.02 Å². The summed E-state index contributed by atoms with van der Waals surface area (Å²) in [6.07, 6.45) is 0. The van der Waals surface area contributed by atoms with Crippen molar-refractivity contribution in [1.29, 1.82) is 0 Å². The van der Waals surface area contributed by atoms with Crippen LogP contribution in [0.3, 0.4) is 0 Å². The van der Waals surface area contributed by atoms with E-state index in [1.807, 2.05) is 26.0 Å². The number of hydrogen-bond acceptors (Lipinski definition) is 2. The Hall–Kier alpha value is -0.460. The fourth-order valence-electron chi connectivity index (χ4n) is 2.28. The van der Waals surface area contributed by atoms with Crippen LogP contribution in [-0.4, -0.2) is 0 Å². The van der Waals surface area contributed by atoms with Crippen molar-refractivity contribution in [3.63, 3.8) is 0 Å². The Bertz CT molecular complexity index is 669. The fraction of sp³-hybridized carbons (Fsp3) is 0.200. The van der Waals surface area contributed by atoms with Crippen LogP contribution in [0.4, 0.5) is 4.39 Å². The smallest absolute Gasteiger partial charge is 0.148 e. The van der Waals surface area contributed by atoms with E-state index in [1.165, 1.54) is 0 Å². The SMILES string of the molecule is Cc1cc(C(NN)c2ccc(Br)c(Cl)c2F)cc(C)c1Br. The van der Waals surface area contributed by atoms with Crippen molar-refractivity contribution in [1.82, 2.24) is 5.43 Å². The zero-order chi connectivity index (χ0) is 15.7. The first-order chi connectivity index (χ1) is 9.86. The summed E-state index contributed by atoms with van der Waals surface area (Å²) in [5, 5.41) is 0.0540. The van der Waals surface area contributed by atoms with Crippen LogP contribution in [0.25, 0.3) is 0 Å². The van der Waals surface area contributed by atoms with Crippen LogP contribution >= 0.6 is 43.5 Å². The second-order valence-electron chi connectivity index (χ2n) is 4.83. The van der Waals surface area contributed by atoms with Crippen molar-refractivity contribution in [2.75, 3.05) is 0 Å². The molecule has 0 aliphatic heterocycles. The molecule has 3 N–H and O–H groups in total. The third-order valence-electron chi connectivity index (χ3n) is 3.33. The molecule has 0 saturated carbocycles. The number of rotatable bonds is 3. The predicted octanol–water partition coefficient (Wildman–Crippen LogP) is 5.17. The second-order valence-corrected chi connectivity index (χ2v) is 6.86. The van der Waals surface area contributed by atoms with Gasteiger partial charge in [-0.25, -0.2) is 9.82 Å². The second kappa shape index (κ2) is 6.75. The maximum absolute atomic E-state index is 14.4. The Morgan fingerprint density at radius 3 is 2.29 bits per heavy atom. The van der Waals surface area contributed by atoms with Crippen LogP contribution in [-0.2, 0) is 0 Å². The van der Waals surface area contributed by atoms with Gasteiger partial charge in [-0.1, -0.05) is 45.7 Å². The predicted molar refractivity (Wildman–Crippen MR) is 91.9 cm³/mol. The molecule has 2 nitrogen and oxygen atoms in total. The molecule has 1 unspecified atom stereocenters.